The molecule has 0 aliphatic heterocycles. The van der Waals surface area contributed by atoms with Crippen molar-refractivity contribution in [2.75, 3.05) is 0 Å². The van der Waals surface area contributed by atoms with Crippen LogP contribution in [0.4, 0.5) is 0 Å². The van der Waals surface area contributed by atoms with Gasteiger partial charge in [0, 0.05) is 5.02 Å². The lowest BCUT2D eigenvalue weighted by molar-refractivity contribution is 0.525. The molecule has 80 valence electrons. The molecule has 0 aliphatic rings. The SMILES string of the molecule is [B]C(CC)(CCC)c1ccc(Cl)cc1C. The second kappa shape index (κ2) is 5.07. The summed E-state index contributed by atoms with van der Waals surface area (Å²) in [4.78, 5) is 0. The summed E-state index contributed by atoms with van der Waals surface area (Å²) in [5, 5.41) is 0.592. The van der Waals surface area contributed by atoms with E-state index >= 15 is 0 Å². The lowest BCUT2D eigenvalue weighted by Gasteiger charge is -2.31. The Bertz CT molecular complexity index is 335. The van der Waals surface area contributed by atoms with Gasteiger partial charge in [0.15, 0.2) is 0 Å². The van der Waals surface area contributed by atoms with Crippen LogP contribution in [0.5, 0.6) is 0 Å². The number of benzene rings is 1. The summed E-state index contributed by atoms with van der Waals surface area (Å²) in [5.41, 5.74) is 2.43. The monoisotopic (exact) mass is 220 g/mol. The first-order valence-electron chi connectivity index (χ1n) is 5.59. The molecule has 0 heterocycles. The number of halogens is 1. The number of aryl methyl sites for hydroxylation is 1. The lowest BCUT2D eigenvalue weighted by Crippen LogP contribution is -2.26. The minimum Gasteiger partial charge on any atom is -0.0843 e. The molecule has 0 spiro atoms. The first kappa shape index (κ1) is 12.6. The largest absolute Gasteiger partial charge is 0.0843 e. The van der Waals surface area contributed by atoms with Gasteiger partial charge in [0.05, 0.1) is 7.85 Å². The van der Waals surface area contributed by atoms with Gasteiger partial charge in [-0.2, -0.15) is 0 Å². The zero-order valence-corrected chi connectivity index (χ0v) is 10.6. The van der Waals surface area contributed by atoms with Crippen molar-refractivity contribution in [2.45, 2.75) is 45.3 Å². The number of rotatable bonds is 4. The molecule has 0 saturated carbocycles. The van der Waals surface area contributed by atoms with Crippen molar-refractivity contribution >= 4 is 19.4 Å². The molecule has 2 heteroatoms. The van der Waals surface area contributed by atoms with E-state index in [-0.39, 0.29) is 5.31 Å². The van der Waals surface area contributed by atoms with Crippen LogP contribution >= 0.6 is 11.6 Å². The van der Waals surface area contributed by atoms with Crippen LogP contribution in [0.3, 0.4) is 0 Å². The van der Waals surface area contributed by atoms with Gasteiger partial charge in [0.2, 0.25) is 0 Å². The third kappa shape index (κ3) is 2.78. The van der Waals surface area contributed by atoms with Gasteiger partial charge in [-0.3, -0.25) is 0 Å². The van der Waals surface area contributed by atoms with Crippen LogP contribution in [0.15, 0.2) is 18.2 Å². The van der Waals surface area contributed by atoms with Crippen molar-refractivity contribution in [2.24, 2.45) is 0 Å². The summed E-state index contributed by atoms with van der Waals surface area (Å²) < 4.78 is 0. The first-order chi connectivity index (χ1) is 7.03. The normalized spacial score (nSPS) is 14.9. The van der Waals surface area contributed by atoms with Crippen molar-refractivity contribution in [3.8, 4) is 0 Å². The number of hydrogen-bond donors (Lipinski definition) is 0. The van der Waals surface area contributed by atoms with Gasteiger partial charge >= 0.3 is 0 Å². The molecule has 0 N–H and O–H groups in total. The molecule has 1 aromatic rings. The smallest absolute Gasteiger partial charge is 0.0810 e. The van der Waals surface area contributed by atoms with Gasteiger partial charge in [0.25, 0.3) is 0 Å². The molecule has 1 aromatic carbocycles. The molecule has 0 amide bonds. The minimum atomic E-state index is -0.191. The first-order valence-corrected chi connectivity index (χ1v) is 5.96. The Labute approximate surface area is 99.4 Å². The molecule has 1 unspecified atom stereocenters. The van der Waals surface area contributed by atoms with E-state index < -0.39 is 0 Å². The van der Waals surface area contributed by atoms with E-state index in [1.54, 1.807) is 0 Å². The standard InChI is InChI=1S/C13H18BCl/c1-4-8-13(14,5-2)12-7-6-11(15)9-10(12)3/h6-7,9H,4-5,8H2,1-3H3. The predicted octanol–water partition coefficient (Wildman–Crippen LogP) is 4.22. The van der Waals surface area contributed by atoms with E-state index in [2.05, 4.69) is 26.8 Å². The van der Waals surface area contributed by atoms with Gasteiger partial charge in [0.1, 0.15) is 0 Å². The highest BCUT2D eigenvalue weighted by Crippen LogP contribution is 2.32. The van der Waals surface area contributed by atoms with Crippen molar-refractivity contribution in [3.05, 3.63) is 34.3 Å². The van der Waals surface area contributed by atoms with E-state index in [1.165, 1.54) is 11.1 Å². The zero-order chi connectivity index (χ0) is 11.5. The summed E-state index contributed by atoms with van der Waals surface area (Å²) in [5.74, 6) is 0. The maximum absolute atomic E-state index is 6.44. The van der Waals surface area contributed by atoms with Crippen LogP contribution < -0.4 is 0 Å². The Hall–Kier alpha value is -0.425. The average molecular weight is 221 g/mol. The molecule has 0 bridgehead atoms. The van der Waals surface area contributed by atoms with Crippen molar-refractivity contribution in [1.29, 1.82) is 0 Å². The maximum Gasteiger partial charge on any atom is 0.0810 e. The fourth-order valence-corrected chi connectivity index (χ4v) is 2.36. The van der Waals surface area contributed by atoms with Gasteiger partial charge in [-0.05, 0) is 35.5 Å². The highest BCUT2D eigenvalue weighted by Gasteiger charge is 2.24. The highest BCUT2D eigenvalue weighted by molar-refractivity contribution is 6.30. The van der Waals surface area contributed by atoms with E-state index in [4.69, 9.17) is 19.4 Å². The molecule has 0 aliphatic carbocycles. The molecule has 2 radical (unpaired) electrons. The fourth-order valence-electron chi connectivity index (χ4n) is 2.13. The Kier molecular flexibility index (Phi) is 4.27. The van der Waals surface area contributed by atoms with Crippen LogP contribution in [-0.2, 0) is 5.31 Å². The summed E-state index contributed by atoms with van der Waals surface area (Å²) in [6, 6.07) is 5.98. The third-order valence-corrected chi connectivity index (χ3v) is 3.29. The Balaban J connectivity index is 3.12. The Morgan fingerprint density at radius 1 is 1.33 bits per heavy atom. The average Bonchev–Trinajstić information content (AvgIpc) is 2.17. The van der Waals surface area contributed by atoms with E-state index in [0.29, 0.717) is 0 Å². The molecule has 0 saturated heterocycles. The van der Waals surface area contributed by atoms with E-state index in [1.807, 2.05) is 12.1 Å². The molecule has 0 fully saturated rings. The second-order valence-corrected chi connectivity index (χ2v) is 4.66. The molecular weight excluding hydrogens is 202 g/mol. The lowest BCUT2D eigenvalue weighted by atomic mass is 9.59. The van der Waals surface area contributed by atoms with Gasteiger partial charge < -0.3 is 0 Å². The molecule has 0 aromatic heterocycles. The third-order valence-electron chi connectivity index (χ3n) is 3.05. The summed E-state index contributed by atoms with van der Waals surface area (Å²) >= 11 is 5.95. The van der Waals surface area contributed by atoms with Crippen LogP contribution in [0, 0.1) is 6.92 Å². The molecule has 0 nitrogen and oxygen atoms in total. The highest BCUT2D eigenvalue weighted by atomic mass is 35.5. The van der Waals surface area contributed by atoms with Crippen LogP contribution in [0.25, 0.3) is 0 Å². The predicted molar refractivity (Wildman–Crippen MR) is 68.8 cm³/mol. The molecule has 1 atom stereocenters. The summed E-state index contributed by atoms with van der Waals surface area (Å²) in [6.45, 7) is 6.39. The topological polar surface area (TPSA) is 0 Å². The van der Waals surface area contributed by atoms with Gasteiger partial charge in [-0.15, -0.1) is 0 Å². The summed E-state index contributed by atoms with van der Waals surface area (Å²) in [6.07, 6.45) is 3.09. The Morgan fingerprint density at radius 2 is 2.00 bits per heavy atom. The van der Waals surface area contributed by atoms with Gasteiger partial charge in [-0.1, -0.05) is 50.8 Å². The zero-order valence-electron chi connectivity index (χ0n) is 9.81. The van der Waals surface area contributed by atoms with E-state index in [0.717, 1.165) is 24.3 Å². The van der Waals surface area contributed by atoms with E-state index in [9.17, 15) is 0 Å². The fraction of sp³-hybridized carbons (Fsp3) is 0.538. The van der Waals surface area contributed by atoms with Crippen molar-refractivity contribution in [1.82, 2.24) is 0 Å². The van der Waals surface area contributed by atoms with Crippen molar-refractivity contribution in [3.63, 3.8) is 0 Å². The van der Waals surface area contributed by atoms with Crippen LogP contribution in [-0.4, -0.2) is 7.85 Å². The molecule has 1 rings (SSSR count). The second-order valence-electron chi connectivity index (χ2n) is 4.22. The molecule has 15 heavy (non-hydrogen) atoms. The Morgan fingerprint density at radius 3 is 2.47 bits per heavy atom. The molecular formula is C13H18BCl. The van der Waals surface area contributed by atoms with Crippen LogP contribution in [0.1, 0.15) is 44.2 Å². The quantitative estimate of drug-likeness (QED) is 0.667. The van der Waals surface area contributed by atoms with Gasteiger partial charge in [-0.25, -0.2) is 0 Å². The summed E-state index contributed by atoms with van der Waals surface area (Å²) in [7, 11) is 6.44. The number of hydrogen-bond acceptors (Lipinski definition) is 0. The minimum absolute atomic E-state index is 0.191. The van der Waals surface area contributed by atoms with Crippen LogP contribution in [0.2, 0.25) is 5.02 Å². The maximum atomic E-state index is 6.44. The van der Waals surface area contributed by atoms with Crippen molar-refractivity contribution < 1.29 is 0 Å².